The quantitative estimate of drug-likeness (QED) is 0.331. The lowest BCUT2D eigenvalue weighted by molar-refractivity contribution is -0.605. The van der Waals surface area contributed by atoms with Crippen LogP contribution in [0.2, 0.25) is 0 Å². The van der Waals surface area contributed by atoms with E-state index in [1.165, 1.54) is 47.6 Å². The third-order valence-electron chi connectivity index (χ3n) is 5.22. The molecule has 0 aliphatic carbocycles. The molecular formula is C22H17F4N3O2. The van der Waals surface area contributed by atoms with E-state index in [4.69, 9.17) is 0 Å². The van der Waals surface area contributed by atoms with Crippen LogP contribution in [0.3, 0.4) is 0 Å². The first-order valence-corrected chi connectivity index (χ1v) is 9.32. The van der Waals surface area contributed by atoms with E-state index in [0.29, 0.717) is 27.2 Å². The number of alkyl halides is 3. The van der Waals surface area contributed by atoms with Crippen LogP contribution in [-0.4, -0.2) is 12.6 Å². The van der Waals surface area contributed by atoms with Crippen molar-refractivity contribution in [2.75, 3.05) is 16.5 Å². The molecule has 0 N–H and O–H groups in total. The number of rotatable bonds is 2. The van der Waals surface area contributed by atoms with Crippen LogP contribution in [0, 0.1) is 24.9 Å². The Hall–Kier alpha value is -3.62. The van der Waals surface area contributed by atoms with E-state index in [0.717, 1.165) is 12.1 Å². The minimum atomic E-state index is -4.62. The van der Waals surface area contributed by atoms with Gasteiger partial charge >= 0.3 is 6.18 Å². The molecule has 2 heterocycles. The van der Waals surface area contributed by atoms with Gasteiger partial charge in [-0.25, -0.2) is 4.39 Å². The highest BCUT2D eigenvalue weighted by atomic mass is 19.4. The monoisotopic (exact) mass is 431 g/mol. The fraction of sp³-hybridized carbons (Fsp3) is 0.182. The van der Waals surface area contributed by atoms with Crippen molar-refractivity contribution in [3.63, 3.8) is 0 Å². The molecule has 1 amide bonds. The lowest BCUT2D eigenvalue weighted by Gasteiger charge is -2.39. The molecule has 1 aliphatic heterocycles. The fourth-order valence-electron chi connectivity index (χ4n) is 3.74. The Morgan fingerprint density at radius 2 is 1.61 bits per heavy atom. The van der Waals surface area contributed by atoms with Gasteiger partial charge in [-0.3, -0.25) is 9.69 Å². The van der Waals surface area contributed by atoms with Crippen molar-refractivity contribution in [3.05, 3.63) is 88.1 Å². The highest BCUT2D eigenvalue weighted by molar-refractivity contribution is 6.13. The van der Waals surface area contributed by atoms with Crippen LogP contribution >= 0.6 is 0 Å². The van der Waals surface area contributed by atoms with E-state index in [9.17, 15) is 27.6 Å². The van der Waals surface area contributed by atoms with Gasteiger partial charge in [0.25, 0.3) is 5.91 Å². The van der Waals surface area contributed by atoms with E-state index in [2.05, 4.69) is 0 Å². The molecule has 0 atom stereocenters. The van der Waals surface area contributed by atoms with Crippen LogP contribution in [0.4, 0.5) is 34.6 Å². The van der Waals surface area contributed by atoms with Crippen molar-refractivity contribution >= 4 is 23.0 Å². The summed E-state index contributed by atoms with van der Waals surface area (Å²) in [5.74, 6) is -1.07. The molecule has 0 fully saturated rings. The van der Waals surface area contributed by atoms with Crippen LogP contribution in [-0.2, 0) is 6.18 Å². The second-order valence-electron chi connectivity index (χ2n) is 7.34. The van der Waals surface area contributed by atoms with E-state index in [1.54, 1.807) is 18.7 Å². The van der Waals surface area contributed by atoms with Crippen LogP contribution in [0.15, 0.2) is 54.9 Å². The van der Waals surface area contributed by atoms with Crippen LogP contribution in [0.25, 0.3) is 0 Å². The number of carbonyl (C=O) groups is 1. The van der Waals surface area contributed by atoms with E-state index < -0.39 is 23.5 Å². The summed E-state index contributed by atoms with van der Waals surface area (Å²) in [4.78, 5) is 16.2. The zero-order valence-electron chi connectivity index (χ0n) is 16.6. The number of aryl methyl sites for hydroxylation is 2. The third kappa shape index (κ3) is 3.67. The molecule has 0 bridgehead atoms. The molecule has 4 rings (SSSR count). The number of halogens is 4. The van der Waals surface area contributed by atoms with Crippen LogP contribution < -0.4 is 14.5 Å². The molecule has 0 saturated carbocycles. The third-order valence-corrected chi connectivity index (χ3v) is 5.22. The lowest BCUT2D eigenvalue weighted by Crippen LogP contribution is -2.46. The largest absolute Gasteiger partial charge is 0.619 e. The molecule has 3 aromatic rings. The molecule has 1 aromatic heterocycles. The maximum atomic E-state index is 13.6. The summed E-state index contributed by atoms with van der Waals surface area (Å²) >= 11 is 0. The summed E-state index contributed by atoms with van der Waals surface area (Å²) in [6.45, 7) is 3.29. The minimum absolute atomic E-state index is 0.0205. The maximum Gasteiger partial charge on any atom is 0.416 e. The number of amides is 1. The summed E-state index contributed by atoms with van der Waals surface area (Å²) < 4.78 is 54.2. The summed E-state index contributed by atoms with van der Waals surface area (Å²) in [5.41, 5.74) is 1.19. The van der Waals surface area contributed by atoms with Gasteiger partial charge in [0, 0.05) is 17.3 Å². The molecule has 31 heavy (non-hydrogen) atoms. The highest BCUT2D eigenvalue weighted by Gasteiger charge is 2.37. The molecule has 0 saturated heterocycles. The molecule has 1 aliphatic rings. The summed E-state index contributed by atoms with van der Waals surface area (Å²) in [7, 11) is 0. The Morgan fingerprint density at radius 3 is 2.26 bits per heavy atom. The van der Waals surface area contributed by atoms with E-state index in [1.807, 2.05) is 0 Å². The van der Waals surface area contributed by atoms with Gasteiger partial charge in [0.05, 0.1) is 22.5 Å². The average molecular weight is 431 g/mol. The number of benzene rings is 2. The molecule has 5 nitrogen and oxygen atoms in total. The van der Waals surface area contributed by atoms with Gasteiger partial charge in [0.2, 0.25) is 0 Å². The number of hydrogen-bond donors (Lipinski definition) is 0. The molecule has 9 heteroatoms. The van der Waals surface area contributed by atoms with Gasteiger partial charge in [0.1, 0.15) is 12.5 Å². The molecule has 0 spiro atoms. The van der Waals surface area contributed by atoms with E-state index in [-0.39, 0.29) is 17.9 Å². The second kappa shape index (κ2) is 7.26. The highest BCUT2D eigenvalue weighted by Crippen LogP contribution is 2.40. The van der Waals surface area contributed by atoms with Gasteiger partial charge in [-0.2, -0.15) is 17.9 Å². The molecular weight excluding hydrogens is 414 g/mol. The molecule has 160 valence electrons. The zero-order valence-corrected chi connectivity index (χ0v) is 16.6. The van der Waals surface area contributed by atoms with Crippen molar-refractivity contribution in [2.45, 2.75) is 20.0 Å². The number of anilines is 3. The second-order valence-corrected chi connectivity index (χ2v) is 7.34. The average Bonchev–Trinajstić information content (AvgIpc) is 2.68. The van der Waals surface area contributed by atoms with Crippen LogP contribution in [0.1, 0.15) is 27.0 Å². The van der Waals surface area contributed by atoms with Gasteiger partial charge in [-0.1, -0.05) is 0 Å². The Balaban J connectivity index is 1.92. The fourth-order valence-corrected chi connectivity index (χ4v) is 3.74. The van der Waals surface area contributed by atoms with Crippen molar-refractivity contribution < 1.29 is 27.1 Å². The van der Waals surface area contributed by atoms with Crippen molar-refractivity contribution in [1.82, 2.24) is 0 Å². The van der Waals surface area contributed by atoms with Crippen LogP contribution in [0.5, 0.6) is 0 Å². The SMILES string of the molecule is Cc1c[n+]([O-])ccc1N1CN(c2ccc(F)cc2C)c2ccc(C(F)(F)F)cc2C1=O. The maximum absolute atomic E-state index is 13.6. The number of nitrogens with zero attached hydrogens (tertiary/aromatic N) is 3. The molecule has 0 unspecified atom stereocenters. The normalized spacial score (nSPS) is 14.1. The Kier molecular flexibility index (Phi) is 4.83. The number of pyridine rings is 1. The first-order valence-electron chi connectivity index (χ1n) is 9.32. The Bertz CT molecular complexity index is 1190. The van der Waals surface area contributed by atoms with Gasteiger partial charge in [0.15, 0.2) is 12.4 Å². The molecule has 2 aromatic carbocycles. The van der Waals surface area contributed by atoms with Crippen molar-refractivity contribution in [1.29, 1.82) is 0 Å². The number of hydrogen-bond acceptors (Lipinski definition) is 3. The standard InChI is InChI=1S/C22H17F4N3O2/c1-13-9-16(23)4-6-18(13)28-12-29(19-7-8-27(31)11-14(19)2)21(30)17-10-15(22(24,25)26)3-5-20(17)28/h3-11H,12H2,1-2H3. The lowest BCUT2D eigenvalue weighted by atomic mass is 10.0. The predicted octanol–water partition coefficient (Wildman–Crippen LogP) is 4.85. The number of aromatic nitrogens is 1. The minimum Gasteiger partial charge on any atom is -0.619 e. The van der Waals surface area contributed by atoms with Crippen molar-refractivity contribution in [2.24, 2.45) is 0 Å². The zero-order chi connectivity index (χ0) is 22.5. The summed E-state index contributed by atoms with van der Waals surface area (Å²) in [5, 5.41) is 11.6. The first kappa shape index (κ1) is 20.6. The van der Waals surface area contributed by atoms with Gasteiger partial charge < -0.3 is 10.1 Å². The Labute approximate surface area is 175 Å². The topological polar surface area (TPSA) is 50.5 Å². The van der Waals surface area contributed by atoms with Crippen molar-refractivity contribution in [3.8, 4) is 0 Å². The summed E-state index contributed by atoms with van der Waals surface area (Å²) in [6, 6.07) is 8.51. The van der Waals surface area contributed by atoms with E-state index >= 15 is 0 Å². The van der Waals surface area contributed by atoms with Gasteiger partial charge in [-0.05, 0) is 55.8 Å². The number of carbonyl (C=O) groups excluding carboxylic acids is 1. The predicted molar refractivity (Wildman–Crippen MR) is 107 cm³/mol. The Morgan fingerprint density at radius 1 is 0.935 bits per heavy atom. The smallest absolute Gasteiger partial charge is 0.416 e. The first-order chi connectivity index (χ1) is 14.6. The summed E-state index contributed by atoms with van der Waals surface area (Å²) in [6.07, 6.45) is -2.13. The van der Waals surface area contributed by atoms with Gasteiger partial charge in [-0.15, -0.1) is 0 Å². The number of fused-ring (bicyclic) bond motifs is 1. The molecule has 0 radical (unpaired) electrons.